The summed E-state index contributed by atoms with van der Waals surface area (Å²) in [4.78, 5) is 12.1. The molecule has 2 aromatic rings. The summed E-state index contributed by atoms with van der Waals surface area (Å²) in [5, 5.41) is 0. The van der Waals surface area contributed by atoms with Gasteiger partial charge < -0.3 is 21.8 Å². The van der Waals surface area contributed by atoms with Gasteiger partial charge in [-0.15, -0.1) is 0 Å². The summed E-state index contributed by atoms with van der Waals surface area (Å²) in [5.41, 5.74) is 17.7. The molecule has 0 saturated carbocycles. The van der Waals surface area contributed by atoms with E-state index in [9.17, 15) is 0 Å². The molecule has 1 heterocycles. The first-order valence-corrected chi connectivity index (χ1v) is 6.55. The second kappa shape index (κ2) is 6.08. The number of benzene rings is 1. The van der Waals surface area contributed by atoms with Gasteiger partial charge in [0.2, 0.25) is 5.96 Å². The molecule has 7 heteroatoms. The van der Waals surface area contributed by atoms with Crippen LogP contribution in [0.4, 0.5) is 5.69 Å². The van der Waals surface area contributed by atoms with Gasteiger partial charge in [-0.25, -0.2) is 9.98 Å². The number of rotatable bonds is 3. The Hall–Kier alpha value is -2.83. The lowest BCUT2D eigenvalue weighted by Crippen LogP contribution is -2.26. The third-order valence-electron chi connectivity index (χ3n) is 2.80. The maximum atomic E-state index is 5.59. The summed E-state index contributed by atoms with van der Waals surface area (Å²) in [5.74, 6) is 1.25. The van der Waals surface area contributed by atoms with Crippen molar-refractivity contribution in [3.63, 3.8) is 0 Å². The minimum absolute atomic E-state index is 0.0215. The molecule has 1 aromatic heterocycles. The molecule has 0 amide bonds. The van der Waals surface area contributed by atoms with E-state index in [-0.39, 0.29) is 11.9 Å². The third kappa shape index (κ3) is 3.59. The molecule has 7 nitrogen and oxygen atoms in total. The van der Waals surface area contributed by atoms with Crippen molar-refractivity contribution in [1.29, 1.82) is 0 Å². The average molecular weight is 285 g/mol. The van der Waals surface area contributed by atoms with Crippen molar-refractivity contribution in [1.82, 2.24) is 9.55 Å². The molecule has 21 heavy (non-hydrogen) atoms. The van der Waals surface area contributed by atoms with Gasteiger partial charge in [-0.2, -0.15) is 4.99 Å². The van der Waals surface area contributed by atoms with E-state index in [4.69, 9.17) is 17.2 Å². The number of guanidine groups is 2. The molecule has 0 fully saturated rings. The van der Waals surface area contributed by atoms with E-state index in [1.807, 2.05) is 35.0 Å². The summed E-state index contributed by atoms with van der Waals surface area (Å²) in [6.45, 7) is 4.21. The van der Waals surface area contributed by atoms with Gasteiger partial charge in [0, 0.05) is 24.0 Å². The van der Waals surface area contributed by atoms with Gasteiger partial charge in [-0.1, -0.05) is 13.8 Å². The van der Waals surface area contributed by atoms with Crippen molar-refractivity contribution < 1.29 is 0 Å². The molecule has 0 spiro atoms. The fourth-order valence-electron chi connectivity index (χ4n) is 1.94. The van der Waals surface area contributed by atoms with Crippen LogP contribution in [0, 0.1) is 0 Å². The van der Waals surface area contributed by atoms with E-state index in [2.05, 4.69) is 28.8 Å². The van der Waals surface area contributed by atoms with E-state index < -0.39 is 0 Å². The van der Waals surface area contributed by atoms with E-state index in [0.29, 0.717) is 11.6 Å². The van der Waals surface area contributed by atoms with Crippen LogP contribution in [-0.2, 0) is 0 Å². The second-order valence-electron chi connectivity index (χ2n) is 4.83. The van der Waals surface area contributed by atoms with Crippen LogP contribution in [0.5, 0.6) is 0 Å². The van der Waals surface area contributed by atoms with Crippen molar-refractivity contribution in [3.05, 3.63) is 42.5 Å². The Morgan fingerprint density at radius 2 is 1.81 bits per heavy atom. The van der Waals surface area contributed by atoms with Crippen LogP contribution < -0.4 is 17.2 Å². The zero-order valence-electron chi connectivity index (χ0n) is 12.1. The molecular formula is C14H19N7. The summed E-state index contributed by atoms with van der Waals surface area (Å²) in [7, 11) is 0. The van der Waals surface area contributed by atoms with E-state index in [1.165, 1.54) is 0 Å². The lowest BCUT2D eigenvalue weighted by Gasteiger charge is -2.10. The van der Waals surface area contributed by atoms with Gasteiger partial charge in [0.15, 0.2) is 5.96 Å². The molecule has 0 unspecified atom stereocenters. The number of hydrogen-bond acceptors (Lipinski definition) is 2. The minimum atomic E-state index is -0.118. The Balaban J connectivity index is 2.27. The third-order valence-corrected chi connectivity index (χ3v) is 2.80. The van der Waals surface area contributed by atoms with Gasteiger partial charge in [-0.3, -0.25) is 0 Å². The van der Waals surface area contributed by atoms with E-state index in [1.54, 1.807) is 6.20 Å². The largest absolute Gasteiger partial charge is 0.370 e. The van der Waals surface area contributed by atoms with Crippen molar-refractivity contribution >= 4 is 17.6 Å². The van der Waals surface area contributed by atoms with Gasteiger partial charge in [0.1, 0.15) is 5.82 Å². The molecule has 0 aliphatic heterocycles. The Bertz CT molecular complexity index is 661. The number of hydrogen-bond donors (Lipinski definition) is 3. The monoisotopic (exact) mass is 285 g/mol. The zero-order chi connectivity index (χ0) is 15.4. The molecule has 0 bridgehead atoms. The van der Waals surface area contributed by atoms with Crippen LogP contribution in [0.2, 0.25) is 0 Å². The molecule has 6 N–H and O–H groups in total. The molecule has 2 rings (SSSR count). The number of imidazole rings is 1. The second-order valence-corrected chi connectivity index (χ2v) is 4.83. The normalized spacial score (nSPS) is 11.7. The highest BCUT2D eigenvalue weighted by molar-refractivity contribution is 5.93. The predicted molar refractivity (Wildman–Crippen MR) is 84.7 cm³/mol. The predicted octanol–water partition coefficient (Wildman–Crippen LogP) is 1.22. The van der Waals surface area contributed by atoms with E-state index >= 15 is 0 Å². The van der Waals surface area contributed by atoms with E-state index in [0.717, 1.165) is 11.5 Å². The van der Waals surface area contributed by atoms with Crippen molar-refractivity contribution in [2.45, 2.75) is 19.8 Å². The maximum absolute atomic E-state index is 5.59. The Labute approximate surface area is 123 Å². The zero-order valence-corrected chi connectivity index (χ0v) is 12.1. The van der Waals surface area contributed by atoms with Crippen molar-refractivity contribution in [2.24, 2.45) is 27.2 Å². The van der Waals surface area contributed by atoms with Crippen molar-refractivity contribution in [2.75, 3.05) is 0 Å². The van der Waals surface area contributed by atoms with Crippen LogP contribution in [-0.4, -0.2) is 21.5 Å². The minimum Gasteiger partial charge on any atom is -0.370 e. The smallest absolute Gasteiger partial charge is 0.223 e. The molecule has 0 aliphatic rings. The molecule has 110 valence electrons. The summed E-state index contributed by atoms with van der Waals surface area (Å²) >= 11 is 0. The Morgan fingerprint density at radius 1 is 1.14 bits per heavy atom. The first-order chi connectivity index (χ1) is 9.97. The standard InChI is InChI=1S/C14H19N7/c1-9(2)12-18-7-8-21(12)11-5-3-10(4-6-11)19-14(17)20-13(15)16/h3-9H,1-2H3,(H6,15,16,17,19,20). The van der Waals surface area contributed by atoms with Crippen LogP contribution in [0.15, 0.2) is 46.6 Å². The highest BCUT2D eigenvalue weighted by Crippen LogP contribution is 2.20. The molecule has 0 aliphatic carbocycles. The number of nitrogens with zero attached hydrogens (tertiary/aromatic N) is 4. The molecule has 0 saturated heterocycles. The first kappa shape index (κ1) is 14.6. The molecule has 1 aromatic carbocycles. The average Bonchev–Trinajstić information content (AvgIpc) is 2.88. The lowest BCUT2D eigenvalue weighted by atomic mass is 10.2. The Kier molecular flexibility index (Phi) is 4.22. The van der Waals surface area contributed by atoms with Gasteiger partial charge in [0.25, 0.3) is 0 Å². The van der Waals surface area contributed by atoms with Gasteiger partial charge in [0.05, 0.1) is 5.69 Å². The molecule has 0 radical (unpaired) electrons. The summed E-state index contributed by atoms with van der Waals surface area (Å²) in [6, 6.07) is 7.56. The summed E-state index contributed by atoms with van der Waals surface area (Å²) < 4.78 is 2.04. The van der Waals surface area contributed by atoms with Crippen LogP contribution in [0.25, 0.3) is 5.69 Å². The van der Waals surface area contributed by atoms with Crippen LogP contribution >= 0.6 is 0 Å². The molecular weight excluding hydrogens is 266 g/mol. The Morgan fingerprint density at radius 3 is 2.38 bits per heavy atom. The fraction of sp³-hybridized carbons (Fsp3) is 0.214. The highest BCUT2D eigenvalue weighted by atomic mass is 15.1. The number of nitrogens with two attached hydrogens (primary N) is 3. The summed E-state index contributed by atoms with van der Waals surface area (Å²) in [6.07, 6.45) is 3.72. The SMILES string of the molecule is CC(C)c1nccn1-c1ccc(N=C(N)N=C(N)N)cc1. The maximum Gasteiger partial charge on any atom is 0.223 e. The van der Waals surface area contributed by atoms with Gasteiger partial charge in [-0.05, 0) is 24.3 Å². The first-order valence-electron chi connectivity index (χ1n) is 6.55. The topological polar surface area (TPSA) is 121 Å². The number of aromatic nitrogens is 2. The van der Waals surface area contributed by atoms with Crippen LogP contribution in [0.1, 0.15) is 25.6 Å². The van der Waals surface area contributed by atoms with Crippen LogP contribution in [0.3, 0.4) is 0 Å². The quantitative estimate of drug-likeness (QED) is 0.579. The molecule has 0 atom stereocenters. The fourth-order valence-corrected chi connectivity index (χ4v) is 1.94. The van der Waals surface area contributed by atoms with Crippen molar-refractivity contribution in [3.8, 4) is 5.69 Å². The lowest BCUT2D eigenvalue weighted by molar-refractivity contribution is 0.752. The number of aliphatic imine (C=N–C) groups is 2. The van der Waals surface area contributed by atoms with Gasteiger partial charge >= 0.3 is 0 Å². The highest BCUT2D eigenvalue weighted by Gasteiger charge is 2.08.